The van der Waals surface area contributed by atoms with Crippen LogP contribution in [0.1, 0.15) is 48.8 Å². The van der Waals surface area contributed by atoms with Gasteiger partial charge in [0.05, 0.1) is 32.5 Å². The highest BCUT2D eigenvalue weighted by molar-refractivity contribution is 8.00. The summed E-state index contributed by atoms with van der Waals surface area (Å²) in [5.74, 6) is 0.156. The van der Waals surface area contributed by atoms with Crippen LogP contribution in [0.25, 0.3) is 0 Å². The average Bonchev–Trinajstić information content (AvgIpc) is 3.49. The van der Waals surface area contributed by atoms with Gasteiger partial charge in [-0.3, -0.25) is 0 Å². The van der Waals surface area contributed by atoms with E-state index in [1.165, 1.54) is 0 Å². The van der Waals surface area contributed by atoms with Crippen molar-refractivity contribution >= 4 is 23.4 Å². The molecule has 5 rings (SSSR count). The number of ether oxygens (including phenoxy) is 4. The van der Waals surface area contributed by atoms with Crippen molar-refractivity contribution in [2.75, 3.05) is 13.2 Å². The summed E-state index contributed by atoms with van der Waals surface area (Å²) in [7, 11) is 0. The van der Waals surface area contributed by atoms with E-state index >= 15 is 0 Å². The Morgan fingerprint density at radius 3 is 2.13 bits per heavy atom. The quantitative estimate of drug-likeness (QED) is 0.312. The van der Waals surface area contributed by atoms with E-state index in [0.29, 0.717) is 42.6 Å². The SMILES string of the molecule is CC[C@H]1SC(O)(c2ccc(Cl)c(C3OCCO3)c2)[C@H](OCc2ccccc2)[C@@H](OCc2ccccc2)[C@@H]1C. The third-order valence-electron chi connectivity index (χ3n) is 7.37. The normalized spacial score (nSPS) is 28.0. The van der Waals surface area contributed by atoms with Crippen molar-refractivity contribution in [3.8, 4) is 0 Å². The molecule has 0 radical (unpaired) electrons. The molecule has 0 aromatic heterocycles. The molecule has 1 N–H and O–H groups in total. The fourth-order valence-corrected chi connectivity index (χ4v) is 7.07. The van der Waals surface area contributed by atoms with E-state index in [-0.39, 0.29) is 17.3 Å². The Morgan fingerprint density at radius 1 is 0.921 bits per heavy atom. The number of aliphatic hydroxyl groups is 1. The standard InChI is InChI=1S/C31H35ClO5S/c1-3-27-21(2)28(36-19-22-10-6-4-7-11-22)29(37-20-23-12-8-5-9-13-23)31(33,38-27)24-14-15-26(32)25(18-24)30-34-16-17-35-30/h4-15,18,21,27-30,33H,3,16-17,19-20H2,1-2H3/t21-,27-,28+,29-,31?/m1/s1. The molecule has 38 heavy (non-hydrogen) atoms. The molecule has 5 atom stereocenters. The van der Waals surface area contributed by atoms with Gasteiger partial charge in [-0.2, -0.15) is 0 Å². The van der Waals surface area contributed by atoms with Gasteiger partial charge in [-0.25, -0.2) is 0 Å². The third-order valence-corrected chi connectivity index (χ3v) is 9.60. The van der Waals surface area contributed by atoms with Crippen LogP contribution >= 0.6 is 23.4 Å². The number of thioether (sulfide) groups is 1. The van der Waals surface area contributed by atoms with E-state index in [9.17, 15) is 5.11 Å². The first-order chi connectivity index (χ1) is 18.5. The summed E-state index contributed by atoms with van der Waals surface area (Å²) in [6.45, 7) is 6.17. The lowest BCUT2D eigenvalue weighted by atomic mass is 9.87. The van der Waals surface area contributed by atoms with Crippen LogP contribution in [0.2, 0.25) is 5.02 Å². The Kier molecular flexibility index (Phi) is 9.11. The van der Waals surface area contributed by atoms with Crippen LogP contribution in [0.15, 0.2) is 78.9 Å². The van der Waals surface area contributed by atoms with E-state index in [0.717, 1.165) is 17.5 Å². The maximum absolute atomic E-state index is 12.6. The maximum Gasteiger partial charge on any atom is 0.185 e. The summed E-state index contributed by atoms with van der Waals surface area (Å²) < 4.78 is 24.7. The predicted octanol–water partition coefficient (Wildman–Crippen LogP) is 6.86. The molecule has 0 aliphatic carbocycles. The Hall–Kier alpha value is -1.90. The molecule has 2 aliphatic rings. The average molecular weight is 555 g/mol. The first kappa shape index (κ1) is 27.7. The number of hydrogen-bond acceptors (Lipinski definition) is 6. The predicted molar refractivity (Wildman–Crippen MR) is 151 cm³/mol. The summed E-state index contributed by atoms with van der Waals surface area (Å²) in [5, 5.41) is 13.3. The zero-order valence-electron chi connectivity index (χ0n) is 21.8. The molecule has 3 aromatic rings. The first-order valence-electron chi connectivity index (χ1n) is 13.2. The minimum atomic E-state index is -1.37. The van der Waals surface area contributed by atoms with Crippen LogP contribution in [0.4, 0.5) is 0 Å². The molecule has 2 saturated heterocycles. The Bertz CT molecular complexity index is 1170. The smallest absolute Gasteiger partial charge is 0.185 e. The van der Waals surface area contributed by atoms with E-state index in [1.54, 1.807) is 11.8 Å². The van der Waals surface area contributed by atoms with Gasteiger partial charge in [0.15, 0.2) is 11.2 Å². The molecule has 7 heteroatoms. The van der Waals surface area contributed by atoms with Crippen molar-refractivity contribution in [3.63, 3.8) is 0 Å². The van der Waals surface area contributed by atoms with E-state index < -0.39 is 17.3 Å². The molecule has 3 aromatic carbocycles. The van der Waals surface area contributed by atoms with Gasteiger partial charge in [-0.1, -0.05) is 92.2 Å². The summed E-state index contributed by atoms with van der Waals surface area (Å²) in [4.78, 5) is -1.37. The monoisotopic (exact) mass is 554 g/mol. The van der Waals surface area contributed by atoms with E-state index in [4.69, 9.17) is 30.5 Å². The van der Waals surface area contributed by atoms with E-state index in [2.05, 4.69) is 26.0 Å². The molecule has 0 spiro atoms. The van der Waals surface area contributed by atoms with Crippen molar-refractivity contribution in [1.82, 2.24) is 0 Å². The minimum Gasteiger partial charge on any atom is -0.372 e. The van der Waals surface area contributed by atoms with Gasteiger partial charge in [-0.05, 0) is 41.2 Å². The number of rotatable bonds is 9. The molecule has 2 heterocycles. The molecular weight excluding hydrogens is 520 g/mol. The van der Waals surface area contributed by atoms with Crippen LogP contribution in [-0.4, -0.2) is 35.8 Å². The largest absolute Gasteiger partial charge is 0.372 e. The molecule has 5 nitrogen and oxygen atoms in total. The molecule has 0 bridgehead atoms. The second kappa shape index (κ2) is 12.5. The summed E-state index contributed by atoms with van der Waals surface area (Å²) in [5.41, 5.74) is 3.54. The van der Waals surface area contributed by atoms with Crippen LogP contribution in [0.5, 0.6) is 0 Å². The van der Waals surface area contributed by atoms with Crippen molar-refractivity contribution in [1.29, 1.82) is 0 Å². The topological polar surface area (TPSA) is 57.2 Å². The zero-order valence-corrected chi connectivity index (χ0v) is 23.4. The fourth-order valence-electron chi connectivity index (χ4n) is 5.26. The van der Waals surface area contributed by atoms with Crippen molar-refractivity contribution in [2.24, 2.45) is 5.92 Å². The van der Waals surface area contributed by atoms with Gasteiger partial charge in [-0.15, -0.1) is 11.8 Å². The van der Waals surface area contributed by atoms with Crippen LogP contribution in [0.3, 0.4) is 0 Å². The minimum absolute atomic E-state index is 0.156. The van der Waals surface area contributed by atoms with Crippen molar-refractivity contribution in [2.45, 2.75) is 62.2 Å². The highest BCUT2D eigenvalue weighted by Gasteiger charge is 2.54. The maximum atomic E-state index is 12.6. The molecule has 0 saturated carbocycles. The number of benzene rings is 3. The second-order valence-corrected chi connectivity index (χ2v) is 11.8. The summed E-state index contributed by atoms with van der Waals surface area (Å²) >= 11 is 8.11. The van der Waals surface area contributed by atoms with Gasteiger partial charge < -0.3 is 24.1 Å². The lowest BCUT2D eigenvalue weighted by Crippen LogP contribution is -2.56. The van der Waals surface area contributed by atoms with Crippen LogP contribution < -0.4 is 0 Å². The zero-order chi connectivity index (χ0) is 26.5. The molecule has 202 valence electrons. The fraction of sp³-hybridized carbons (Fsp3) is 0.419. The third kappa shape index (κ3) is 5.97. The molecular formula is C31H35ClO5S. The van der Waals surface area contributed by atoms with Gasteiger partial charge in [0.2, 0.25) is 0 Å². The lowest BCUT2D eigenvalue weighted by Gasteiger charge is -2.50. The second-order valence-electron chi connectivity index (χ2n) is 9.91. The highest BCUT2D eigenvalue weighted by Crippen LogP contribution is 2.52. The Morgan fingerprint density at radius 2 is 1.53 bits per heavy atom. The molecule has 1 unspecified atom stereocenters. The highest BCUT2D eigenvalue weighted by atomic mass is 35.5. The van der Waals surface area contributed by atoms with E-state index in [1.807, 2.05) is 66.7 Å². The van der Waals surface area contributed by atoms with Gasteiger partial charge in [0, 0.05) is 15.8 Å². The number of halogens is 1. The van der Waals surface area contributed by atoms with Crippen LogP contribution in [0, 0.1) is 5.92 Å². The number of hydrogen-bond donors (Lipinski definition) is 1. The Labute approximate surface area is 234 Å². The summed E-state index contributed by atoms with van der Waals surface area (Å²) in [6.07, 6.45) is -0.628. The van der Waals surface area contributed by atoms with Gasteiger partial charge in [0.25, 0.3) is 0 Å². The Balaban J connectivity index is 1.52. The molecule has 0 amide bonds. The molecule has 2 fully saturated rings. The first-order valence-corrected chi connectivity index (χ1v) is 14.5. The van der Waals surface area contributed by atoms with Gasteiger partial charge in [0.1, 0.15) is 6.10 Å². The van der Waals surface area contributed by atoms with Crippen molar-refractivity contribution in [3.05, 3.63) is 106 Å². The van der Waals surface area contributed by atoms with Crippen molar-refractivity contribution < 1.29 is 24.1 Å². The van der Waals surface area contributed by atoms with Gasteiger partial charge >= 0.3 is 0 Å². The van der Waals surface area contributed by atoms with Crippen LogP contribution in [-0.2, 0) is 37.1 Å². The lowest BCUT2D eigenvalue weighted by molar-refractivity contribution is -0.168. The summed E-state index contributed by atoms with van der Waals surface area (Å²) in [6, 6.07) is 25.7. The molecule has 2 aliphatic heterocycles.